The predicted octanol–water partition coefficient (Wildman–Crippen LogP) is 3.87. The fraction of sp³-hybridized carbons (Fsp3) is 0.250. The molecule has 1 aromatic carbocycles. The number of benzene rings is 1. The van der Waals surface area contributed by atoms with Crippen LogP contribution in [0.4, 0.5) is 0 Å². The van der Waals surface area contributed by atoms with Gasteiger partial charge in [-0.25, -0.2) is 0 Å². The SMILES string of the molecule is Brc1cc(C2CC2)cc2ncccc12. The van der Waals surface area contributed by atoms with Crippen LogP contribution in [0.2, 0.25) is 0 Å². The van der Waals surface area contributed by atoms with Crippen molar-refractivity contribution in [1.29, 1.82) is 0 Å². The summed E-state index contributed by atoms with van der Waals surface area (Å²) in [7, 11) is 0. The van der Waals surface area contributed by atoms with Gasteiger partial charge in [0.2, 0.25) is 0 Å². The molecule has 1 aromatic heterocycles. The summed E-state index contributed by atoms with van der Waals surface area (Å²) in [6.45, 7) is 0. The number of halogens is 1. The van der Waals surface area contributed by atoms with Gasteiger partial charge in [0.15, 0.2) is 0 Å². The number of aromatic nitrogens is 1. The fourth-order valence-corrected chi connectivity index (χ4v) is 2.41. The van der Waals surface area contributed by atoms with E-state index in [1.165, 1.54) is 28.3 Å². The zero-order valence-corrected chi connectivity index (χ0v) is 9.29. The summed E-state index contributed by atoms with van der Waals surface area (Å²) in [6, 6.07) is 8.53. The first-order valence-electron chi connectivity index (χ1n) is 4.89. The van der Waals surface area contributed by atoms with E-state index < -0.39 is 0 Å². The Morgan fingerprint density at radius 3 is 2.93 bits per heavy atom. The van der Waals surface area contributed by atoms with Crippen molar-refractivity contribution in [3.05, 3.63) is 40.5 Å². The van der Waals surface area contributed by atoms with Gasteiger partial charge >= 0.3 is 0 Å². The van der Waals surface area contributed by atoms with Gasteiger partial charge in [-0.1, -0.05) is 22.0 Å². The average molecular weight is 248 g/mol. The smallest absolute Gasteiger partial charge is 0.0716 e. The van der Waals surface area contributed by atoms with Crippen molar-refractivity contribution in [3.63, 3.8) is 0 Å². The van der Waals surface area contributed by atoms with Crippen LogP contribution in [0.3, 0.4) is 0 Å². The maximum Gasteiger partial charge on any atom is 0.0716 e. The van der Waals surface area contributed by atoms with Crippen LogP contribution >= 0.6 is 15.9 Å². The van der Waals surface area contributed by atoms with E-state index in [0.29, 0.717) is 0 Å². The van der Waals surface area contributed by atoms with Crippen molar-refractivity contribution in [3.8, 4) is 0 Å². The van der Waals surface area contributed by atoms with Crippen LogP contribution in [0.25, 0.3) is 10.9 Å². The monoisotopic (exact) mass is 247 g/mol. The van der Waals surface area contributed by atoms with E-state index in [2.05, 4.69) is 39.1 Å². The van der Waals surface area contributed by atoms with Gasteiger partial charge in [-0.15, -0.1) is 0 Å². The fourth-order valence-electron chi connectivity index (χ4n) is 1.81. The Labute approximate surface area is 91.3 Å². The maximum atomic E-state index is 4.38. The Balaban J connectivity index is 2.27. The third-order valence-corrected chi connectivity index (χ3v) is 3.40. The molecule has 0 amide bonds. The van der Waals surface area contributed by atoms with Crippen molar-refractivity contribution in [2.75, 3.05) is 0 Å². The Bertz CT molecular complexity index is 489. The quantitative estimate of drug-likeness (QED) is 0.746. The first kappa shape index (κ1) is 8.42. The molecule has 0 aliphatic heterocycles. The number of rotatable bonds is 1. The van der Waals surface area contributed by atoms with E-state index in [4.69, 9.17) is 0 Å². The van der Waals surface area contributed by atoms with Crippen LogP contribution in [0, 0.1) is 0 Å². The van der Waals surface area contributed by atoms with Crippen LogP contribution in [0.1, 0.15) is 24.3 Å². The summed E-state index contributed by atoms with van der Waals surface area (Å²) in [5.74, 6) is 0.790. The van der Waals surface area contributed by atoms with Crippen molar-refractivity contribution in [2.24, 2.45) is 0 Å². The highest BCUT2D eigenvalue weighted by Gasteiger charge is 2.24. The molecule has 0 saturated heterocycles. The van der Waals surface area contributed by atoms with Crippen LogP contribution in [-0.4, -0.2) is 4.98 Å². The molecule has 1 aliphatic carbocycles. The van der Waals surface area contributed by atoms with Crippen molar-refractivity contribution >= 4 is 26.8 Å². The van der Waals surface area contributed by atoms with Crippen LogP contribution in [-0.2, 0) is 0 Å². The average Bonchev–Trinajstić information content (AvgIpc) is 3.01. The second-order valence-corrected chi connectivity index (χ2v) is 4.70. The highest BCUT2D eigenvalue weighted by atomic mass is 79.9. The third kappa shape index (κ3) is 1.34. The maximum absolute atomic E-state index is 4.38. The normalized spacial score (nSPS) is 16.1. The van der Waals surface area contributed by atoms with Gasteiger partial charge in [0, 0.05) is 16.1 Å². The van der Waals surface area contributed by atoms with Crippen molar-refractivity contribution < 1.29 is 0 Å². The molecule has 0 radical (unpaired) electrons. The van der Waals surface area contributed by atoms with E-state index in [1.807, 2.05) is 12.3 Å². The van der Waals surface area contributed by atoms with Crippen molar-refractivity contribution in [2.45, 2.75) is 18.8 Å². The molecule has 0 bridgehead atoms. The van der Waals surface area contributed by atoms with Crippen molar-refractivity contribution in [1.82, 2.24) is 4.98 Å². The lowest BCUT2D eigenvalue weighted by Crippen LogP contribution is -1.84. The molecule has 1 fully saturated rings. The van der Waals surface area contributed by atoms with Gasteiger partial charge in [-0.2, -0.15) is 0 Å². The summed E-state index contributed by atoms with van der Waals surface area (Å²) in [5.41, 5.74) is 2.53. The molecule has 1 aliphatic rings. The van der Waals surface area contributed by atoms with Gasteiger partial charge < -0.3 is 0 Å². The summed E-state index contributed by atoms with van der Waals surface area (Å²) in [4.78, 5) is 4.38. The predicted molar refractivity (Wildman–Crippen MR) is 61.4 cm³/mol. The minimum absolute atomic E-state index is 0.790. The number of pyridine rings is 1. The topological polar surface area (TPSA) is 12.9 Å². The Hall–Kier alpha value is -0.890. The Morgan fingerprint density at radius 1 is 1.29 bits per heavy atom. The van der Waals surface area contributed by atoms with Gasteiger partial charge in [-0.3, -0.25) is 4.98 Å². The molecular weight excluding hydrogens is 238 g/mol. The molecule has 0 unspecified atom stereocenters. The van der Waals surface area contributed by atoms with Crippen LogP contribution < -0.4 is 0 Å². The molecule has 3 rings (SSSR count). The minimum atomic E-state index is 0.790. The van der Waals surface area contributed by atoms with Gasteiger partial charge in [-0.05, 0) is 42.5 Å². The second-order valence-electron chi connectivity index (χ2n) is 3.85. The summed E-state index contributed by atoms with van der Waals surface area (Å²) in [6.07, 6.45) is 4.53. The molecular formula is C12H10BrN. The molecule has 70 valence electrons. The molecule has 1 heterocycles. The molecule has 14 heavy (non-hydrogen) atoms. The molecule has 2 aromatic rings. The van der Waals surface area contributed by atoms with Crippen LogP contribution in [0.15, 0.2) is 34.9 Å². The molecule has 2 heteroatoms. The van der Waals surface area contributed by atoms with E-state index in [1.54, 1.807) is 0 Å². The number of hydrogen-bond donors (Lipinski definition) is 0. The van der Waals surface area contributed by atoms with Crippen LogP contribution in [0.5, 0.6) is 0 Å². The zero-order chi connectivity index (χ0) is 9.54. The third-order valence-electron chi connectivity index (χ3n) is 2.74. The van der Waals surface area contributed by atoms with E-state index >= 15 is 0 Å². The van der Waals surface area contributed by atoms with E-state index in [-0.39, 0.29) is 0 Å². The zero-order valence-electron chi connectivity index (χ0n) is 7.70. The minimum Gasteiger partial charge on any atom is -0.256 e. The lowest BCUT2D eigenvalue weighted by molar-refractivity contribution is 1.13. The summed E-state index contributed by atoms with van der Waals surface area (Å²) < 4.78 is 1.17. The standard InChI is InChI=1S/C12H10BrN/c13-11-6-9(8-3-4-8)7-12-10(11)2-1-5-14-12/h1-2,5-8H,3-4H2. The highest BCUT2D eigenvalue weighted by Crippen LogP contribution is 2.42. The van der Waals surface area contributed by atoms with E-state index in [0.717, 1.165) is 11.4 Å². The lowest BCUT2D eigenvalue weighted by Gasteiger charge is -2.03. The first-order chi connectivity index (χ1) is 6.84. The summed E-state index contributed by atoms with van der Waals surface area (Å²) >= 11 is 3.60. The number of hydrogen-bond acceptors (Lipinski definition) is 1. The first-order valence-corrected chi connectivity index (χ1v) is 5.68. The van der Waals surface area contributed by atoms with E-state index in [9.17, 15) is 0 Å². The van der Waals surface area contributed by atoms with Gasteiger partial charge in [0.1, 0.15) is 0 Å². The largest absolute Gasteiger partial charge is 0.256 e. The number of nitrogens with zero attached hydrogens (tertiary/aromatic N) is 1. The van der Waals surface area contributed by atoms with Gasteiger partial charge in [0.05, 0.1) is 5.52 Å². The van der Waals surface area contributed by atoms with Gasteiger partial charge in [0.25, 0.3) is 0 Å². The molecule has 0 spiro atoms. The molecule has 0 atom stereocenters. The highest BCUT2D eigenvalue weighted by molar-refractivity contribution is 9.10. The second kappa shape index (κ2) is 3.06. The number of fused-ring (bicyclic) bond motifs is 1. The summed E-state index contributed by atoms with van der Waals surface area (Å²) in [5, 5.41) is 1.21. The molecule has 0 N–H and O–H groups in total. The Morgan fingerprint density at radius 2 is 2.14 bits per heavy atom. The Kier molecular flexibility index (Phi) is 1.84. The molecule has 1 nitrogen and oxygen atoms in total. The lowest BCUT2D eigenvalue weighted by atomic mass is 10.1. The molecule has 1 saturated carbocycles.